The first-order chi connectivity index (χ1) is 15.6. The number of rotatable bonds is 8. The average Bonchev–Trinajstić information content (AvgIpc) is 3.03. The summed E-state index contributed by atoms with van der Waals surface area (Å²) in [7, 11) is -3.87. The first kappa shape index (κ1) is 25.3. The summed E-state index contributed by atoms with van der Waals surface area (Å²) in [6.07, 6.45) is 1.50. The highest BCUT2D eigenvalue weighted by Crippen LogP contribution is 2.33. The van der Waals surface area contributed by atoms with Crippen LogP contribution in [-0.2, 0) is 19.6 Å². The minimum Gasteiger partial charge on any atom is -0.353 e. The molecule has 3 amide bonds. The molecule has 0 aliphatic carbocycles. The number of amides is 3. The molecule has 1 heterocycles. The van der Waals surface area contributed by atoms with Crippen LogP contribution in [0.2, 0.25) is 10.0 Å². The lowest BCUT2D eigenvalue weighted by molar-refractivity contribution is -0.124. The van der Waals surface area contributed by atoms with Gasteiger partial charge in [0.05, 0.1) is 15.8 Å². The molecule has 8 nitrogen and oxygen atoms in total. The van der Waals surface area contributed by atoms with Gasteiger partial charge in [0.25, 0.3) is 11.1 Å². The molecule has 1 aliphatic rings. The van der Waals surface area contributed by atoms with Crippen molar-refractivity contribution in [3.05, 3.63) is 69.0 Å². The molecule has 0 saturated carbocycles. The first-order valence-corrected chi connectivity index (χ1v) is 12.7. The molecule has 33 heavy (non-hydrogen) atoms. The third-order valence-corrected chi connectivity index (χ3v) is 7.56. The van der Waals surface area contributed by atoms with E-state index in [1.807, 2.05) is 0 Å². The van der Waals surface area contributed by atoms with E-state index < -0.39 is 33.1 Å². The Bertz CT molecular complexity index is 1220. The Labute approximate surface area is 205 Å². The van der Waals surface area contributed by atoms with Crippen LogP contribution in [0.1, 0.15) is 12.5 Å². The van der Waals surface area contributed by atoms with Gasteiger partial charge in [0.1, 0.15) is 0 Å². The number of carbonyl (C=O) groups excluding carboxylic acids is 3. The Morgan fingerprint density at radius 1 is 1.15 bits per heavy atom. The number of hydrogen-bond acceptors (Lipinski definition) is 6. The van der Waals surface area contributed by atoms with Crippen LogP contribution in [0.4, 0.5) is 4.79 Å². The maximum atomic E-state index is 12.6. The molecule has 1 atom stereocenters. The van der Waals surface area contributed by atoms with E-state index in [1.165, 1.54) is 31.2 Å². The number of nitrogens with zero attached hydrogens (tertiary/aromatic N) is 1. The predicted octanol–water partition coefficient (Wildman–Crippen LogP) is 3.51. The van der Waals surface area contributed by atoms with E-state index >= 15 is 0 Å². The van der Waals surface area contributed by atoms with Gasteiger partial charge < -0.3 is 5.32 Å². The van der Waals surface area contributed by atoms with Gasteiger partial charge in [-0.15, -0.1) is 0 Å². The van der Waals surface area contributed by atoms with E-state index in [0.717, 1.165) is 16.7 Å². The van der Waals surface area contributed by atoms with Gasteiger partial charge in [0, 0.05) is 23.1 Å². The zero-order chi connectivity index (χ0) is 24.2. The first-order valence-electron chi connectivity index (χ1n) is 9.64. The van der Waals surface area contributed by atoms with E-state index in [0.29, 0.717) is 15.6 Å². The minimum atomic E-state index is -3.87. The molecule has 2 aromatic carbocycles. The number of carbonyl (C=O) groups is 3. The van der Waals surface area contributed by atoms with Crippen LogP contribution >= 0.6 is 35.0 Å². The average molecular weight is 528 g/mol. The third kappa shape index (κ3) is 6.36. The molecule has 0 spiro atoms. The molecular weight excluding hydrogens is 509 g/mol. The van der Waals surface area contributed by atoms with E-state index in [4.69, 9.17) is 23.2 Å². The summed E-state index contributed by atoms with van der Waals surface area (Å²) in [4.78, 5) is 38.4. The van der Waals surface area contributed by atoms with E-state index in [2.05, 4.69) is 10.0 Å². The fourth-order valence-corrected chi connectivity index (χ4v) is 5.39. The predicted molar refractivity (Wildman–Crippen MR) is 128 cm³/mol. The molecule has 1 aliphatic heterocycles. The Balaban J connectivity index is 1.55. The second kappa shape index (κ2) is 10.7. The lowest BCUT2D eigenvalue weighted by Gasteiger charge is -2.16. The number of halogens is 2. The van der Waals surface area contributed by atoms with Gasteiger partial charge in [-0.1, -0.05) is 47.5 Å². The van der Waals surface area contributed by atoms with Crippen molar-refractivity contribution in [3.63, 3.8) is 0 Å². The zero-order valence-electron chi connectivity index (χ0n) is 17.2. The van der Waals surface area contributed by atoms with Crippen LogP contribution in [0.25, 0.3) is 6.08 Å². The lowest BCUT2D eigenvalue weighted by Crippen LogP contribution is -2.46. The molecule has 3 rings (SSSR count). The van der Waals surface area contributed by atoms with Gasteiger partial charge in [-0.05, 0) is 54.6 Å². The third-order valence-electron chi connectivity index (χ3n) is 4.54. The monoisotopic (exact) mass is 527 g/mol. The standard InChI is InChI=1S/C21H19Cl2N3O5S2/c1-13(25-33(30,31)16-5-3-2-4-6-16)19(27)24-9-10-26-20(28)18(32-21(26)29)11-14-7-8-15(22)12-17(14)23/h2-8,11-13,25H,9-10H2,1H3,(H,24,27)/b18-11-/t13-/m0/s1. The van der Waals surface area contributed by atoms with Crippen molar-refractivity contribution in [1.82, 2.24) is 14.9 Å². The van der Waals surface area contributed by atoms with Crippen molar-refractivity contribution >= 4 is 68.1 Å². The molecule has 2 N–H and O–H groups in total. The summed E-state index contributed by atoms with van der Waals surface area (Å²) >= 11 is 12.7. The molecule has 1 saturated heterocycles. The van der Waals surface area contributed by atoms with Gasteiger partial charge in [-0.25, -0.2) is 8.42 Å². The number of sulfonamides is 1. The molecule has 2 aromatic rings. The van der Waals surface area contributed by atoms with Gasteiger partial charge >= 0.3 is 0 Å². The smallest absolute Gasteiger partial charge is 0.293 e. The molecule has 0 bridgehead atoms. The van der Waals surface area contributed by atoms with Gasteiger partial charge in [-0.2, -0.15) is 4.72 Å². The number of imide groups is 1. The van der Waals surface area contributed by atoms with Crippen LogP contribution in [0.5, 0.6) is 0 Å². The molecule has 0 unspecified atom stereocenters. The zero-order valence-corrected chi connectivity index (χ0v) is 20.4. The fourth-order valence-electron chi connectivity index (χ4n) is 2.85. The van der Waals surface area contributed by atoms with Gasteiger partial charge in [0.15, 0.2) is 0 Å². The number of thioether (sulfide) groups is 1. The fraction of sp³-hybridized carbons (Fsp3) is 0.190. The molecule has 1 fully saturated rings. The topological polar surface area (TPSA) is 113 Å². The normalized spacial score (nSPS) is 16.3. The quantitative estimate of drug-likeness (QED) is 0.508. The molecule has 12 heteroatoms. The Hall–Kier alpha value is -2.37. The Kier molecular flexibility index (Phi) is 8.19. The Morgan fingerprint density at radius 3 is 2.52 bits per heavy atom. The largest absolute Gasteiger partial charge is 0.353 e. The number of hydrogen-bond donors (Lipinski definition) is 2. The minimum absolute atomic E-state index is 0.0371. The van der Waals surface area contributed by atoms with Crippen molar-refractivity contribution in [2.75, 3.05) is 13.1 Å². The summed E-state index contributed by atoms with van der Waals surface area (Å²) in [5.74, 6) is -1.10. The van der Waals surface area contributed by atoms with Crippen molar-refractivity contribution in [1.29, 1.82) is 0 Å². The van der Waals surface area contributed by atoms with Gasteiger partial charge in [0.2, 0.25) is 15.9 Å². The van der Waals surface area contributed by atoms with Crippen LogP contribution in [0, 0.1) is 0 Å². The SMILES string of the molecule is C[C@H](NS(=O)(=O)c1ccccc1)C(=O)NCCN1C(=O)S/C(=C\c2ccc(Cl)cc2Cl)C1=O. The highest BCUT2D eigenvalue weighted by Gasteiger charge is 2.35. The van der Waals surface area contributed by atoms with Crippen molar-refractivity contribution < 1.29 is 22.8 Å². The highest BCUT2D eigenvalue weighted by molar-refractivity contribution is 8.18. The second-order valence-corrected chi connectivity index (χ2v) is 10.5. The second-order valence-electron chi connectivity index (χ2n) is 6.95. The highest BCUT2D eigenvalue weighted by atomic mass is 35.5. The maximum absolute atomic E-state index is 12.6. The summed E-state index contributed by atoms with van der Waals surface area (Å²) in [6, 6.07) is 11.4. The van der Waals surface area contributed by atoms with E-state index in [1.54, 1.807) is 30.3 Å². The van der Waals surface area contributed by atoms with Crippen molar-refractivity contribution in [2.45, 2.75) is 17.9 Å². The summed E-state index contributed by atoms with van der Waals surface area (Å²) in [5, 5.41) is 2.83. The molecular formula is C21H19Cl2N3O5S2. The lowest BCUT2D eigenvalue weighted by atomic mass is 10.2. The van der Waals surface area contributed by atoms with Crippen molar-refractivity contribution in [2.24, 2.45) is 0 Å². The molecule has 174 valence electrons. The molecule has 0 aromatic heterocycles. The summed E-state index contributed by atoms with van der Waals surface area (Å²) in [5.41, 5.74) is 0.541. The Morgan fingerprint density at radius 2 is 1.85 bits per heavy atom. The van der Waals surface area contributed by atoms with Crippen LogP contribution in [0.15, 0.2) is 58.3 Å². The van der Waals surface area contributed by atoms with Crippen LogP contribution in [-0.4, -0.2) is 49.5 Å². The van der Waals surface area contributed by atoms with E-state index in [-0.39, 0.29) is 22.9 Å². The van der Waals surface area contributed by atoms with E-state index in [9.17, 15) is 22.8 Å². The van der Waals surface area contributed by atoms with Gasteiger partial charge in [-0.3, -0.25) is 19.3 Å². The summed E-state index contributed by atoms with van der Waals surface area (Å²) < 4.78 is 27.0. The van der Waals surface area contributed by atoms with Crippen LogP contribution in [0.3, 0.4) is 0 Å². The number of benzene rings is 2. The van der Waals surface area contributed by atoms with Crippen molar-refractivity contribution in [3.8, 4) is 0 Å². The maximum Gasteiger partial charge on any atom is 0.293 e. The summed E-state index contributed by atoms with van der Waals surface area (Å²) in [6.45, 7) is 1.29. The molecule has 0 radical (unpaired) electrons. The van der Waals surface area contributed by atoms with Crippen LogP contribution < -0.4 is 10.0 Å². The number of nitrogens with one attached hydrogen (secondary N) is 2.